The number of carbonyl (C=O) groups excluding carboxylic acids is 2. The van der Waals surface area contributed by atoms with Gasteiger partial charge in [-0.05, 0) is 48.6 Å². The van der Waals surface area contributed by atoms with Crippen LogP contribution in [0, 0.1) is 5.92 Å². The van der Waals surface area contributed by atoms with Crippen molar-refractivity contribution < 1.29 is 9.59 Å². The number of amides is 2. The lowest BCUT2D eigenvalue weighted by molar-refractivity contribution is -0.140. The fraction of sp³-hybridized carbons (Fsp3) is 0.391. The summed E-state index contributed by atoms with van der Waals surface area (Å²) in [5.74, 6) is 0.137. The fourth-order valence-electron chi connectivity index (χ4n) is 2.95. The minimum Gasteiger partial charge on any atom is -0.354 e. The Hall–Kier alpha value is -1.85. The Balaban J connectivity index is 2.14. The van der Waals surface area contributed by atoms with Gasteiger partial charge in [0.15, 0.2) is 0 Å². The highest BCUT2D eigenvalue weighted by Crippen LogP contribution is 2.19. The third-order valence-corrected chi connectivity index (χ3v) is 5.52. The smallest absolute Gasteiger partial charge is 0.242 e. The van der Waals surface area contributed by atoms with Crippen LogP contribution in [0.4, 0.5) is 0 Å². The largest absolute Gasteiger partial charge is 0.354 e. The number of halogens is 2. The molecule has 29 heavy (non-hydrogen) atoms. The average Bonchev–Trinajstić information content (AvgIpc) is 2.69. The van der Waals surface area contributed by atoms with Crippen LogP contribution in [0.25, 0.3) is 0 Å². The van der Waals surface area contributed by atoms with E-state index in [4.69, 9.17) is 11.6 Å². The van der Waals surface area contributed by atoms with Gasteiger partial charge in [0.25, 0.3) is 0 Å². The maximum atomic E-state index is 13.1. The Kier molecular flexibility index (Phi) is 9.18. The molecule has 0 fully saturated rings. The van der Waals surface area contributed by atoms with Crippen LogP contribution in [-0.2, 0) is 22.6 Å². The molecule has 0 aliphatic rings. The lowest BCUT2D eigenvalue weighted by atomic mass is 10.1. The molecule has 0 saturated carbocycles. The molecule has 0 heterocycles. The van der Waals surface area contributed by atoms with Crippen molar-refractivity contribution >= 4 is 39.3 Å². The second-order valence-corrected chi connectivity index (χ2v) is 8.88. The van der Waals surface area contributed by atoms with Crippen molar-refractivity contribution in [2.24, 2.45) is 5.92 Å². The maximum absolute atomic E-state index is 13.1. The normalized spacial score (nSPS) is 11.9. The summed E-state index contributed by atoms with van der Waals surface area (Å²) in [4.78, 5) is 27.4. The van der Waals surface area contributed by atoms with Crippen LogP contribution < -0.4 is 5.32 Å². The van der Waals surface area contributed by atoms with Gasteiger partial charge in [-0.1, -0.05) is 71.7 Å². The molecule has 2 aromatic rings. The monoisotopic (exact) mass is 478 g/mol. The summed E-state index contributed by atoms with van der Waals surface area (Å²) in [6.07, 6.45) is 0.827. The Morgan fingerprint density at radius 2 is 1.83 bits per heavy atom. The highest BCUT2D eigenvalue weighted by molar-refractivity contribution is 9.10. The Morgan fingerprint density at radius 1 is 1.10 bits per heavy atom. The lowest BCUT2D eigenvalue weighted by Crippen LogP contribution is -2.48. The summed E-state index contributed by atoms with van der Waals surface area (Å²) >= 11 is 9.69. The van der Waals surface area contributed by atoms with Crippen molar-refractivity contribution in [1.82, 2.24) is 10.2 Å². The number of nitrogens with zero attached hydrogens (tertiary/aromatic N) is 1. The molecule has 6 heteroatoms. The molecule has 0 aliphatic heterocycles. The zero-order chi connectivity index (χ0) is 21.4. The highest BCUT2D eigenvalue weighted by atomic mass is 79.9. The second-order valence-electron chi connectivity index (χ2n) is 7.56. The molecule has 4 nitrogen and oxygen atoms in total. The Morgan fingerprint density at radius 3 is 2.48 bits per heavy atom. The Bertz CT molecular complexity index is 841. The van der Waals surface area contributed by atoms with Gasteiger partial charge >= 0.3 is 0 Å². The molecule has 2 aromatic carbocycles. The molecular formula is C23H28BrClN2O2. The van der Waals surface area contributed by atoms with Gasteiger partial charge in [0.2, 0.25) is 11.8 Å². The number of nitrogens with one attached hydrogen (secondary N) is 1. The van der Waals surface area contributed by atoms with Crippen molar-refractivity contribution in [2.75, 3.05) is 6.54 Å². The van der Waals surface area contributed by atoms with E-state index in [0.29, 0.717) is 36.9 Å². The van der Waals surface area contributed by atoms with Crippen molar-refractivity contribution in [3.8, 4) is 0 Å². The summed E-state index contributed by atoms with van der Waals surface area (Å²) in [6, 6.07) is 14.7. The van der Waals surface area contributed by atoms with E-state index in [0.717, 1.165) is 15.6 Å². The molecule has 2 amide bonds. The van der Waals surface area contributed by atoms with Crippen LogP contribution in [-0.4, -0.2) is 29.3 Å². The van der Waals surface area contributed by atoms with Crippen molar-refractivity contribution in [1.29, 1.82) is 0 Å². The van der Waals surface area contributed by atoms with E-state index in [1.807, 2.05) is 62.4 Å². The van der Waals surface area contributed by atoms with Gasteiger partial charge in [-0.2, -0.15) is 0 Å². The topological polar surface area (TPSA) is 49.4 Å². The van der Waals surface area contributed by atoms with Gasteiger partial charge in [0.05, 0.1) is 0 Å². The molecular weight excluding hydrogens is 452 g/mol. The van der Waals surface area contributed by atoms with Crippen LogP contribution in [0.1, 0.15) is 38.3 Å². The molecule has 0 radical (unpaired) electrons. The van der Waals surface area contributed by atoms with E-state index in [-0.39, 0.29) is 11.8 Å². The van der Waals surface area contributed by atoms with E-state index >= 15 is 0 Å². The summed E-state index contributed by atoms with van der Waals surface area (Å²) in [7, 11) is 0. The molecule has 0 unspecified atom stereocenters. The third kappa shape index (κ3) is 7.48. The number of aryl methyl sites for hydroxylation is 1. The van der Waals surface area contributed by atoms with Crippen LogP contribution in [0.15, 0.2) is 53.0 Å². The quantitative estimate of drug-likeness (QED) is 0.536. The molecule has 0 aromatic heterocycles. The first kappa shape index (κ1) is 23.4. The van der Waals surface area contributed by atoms with Crippen molar-refractivity contribution in [2.45, 2.75) is 46.2 Å². The molecule has 0 bridgehead atoms. The number of rotatable bonds is 9. The molecule has 2 rings (SSSR count). The molecule has 0 spiro atoms. The van der Waals surface area contributed by atoms with Gasteiger partial charge in [-0.15, -0.1) is 0 Å². The summed E-state index contributed by atoms with van der Waals surface area (Å²) in [6.45, 7) is 6.82. The van der Waals surface area contributed by atoms with E-state index < -0.39 is 6.04 Å². The lowest BCUT2D eigenvalue weighted by Gasteiger charge is -2.29. The minimum absolute atomic E-state index is 0.0721. The maximum Gasteiger partial charge on any atom is 0.242 e. The molecule has 0 saturated heterocycles. The first-order chi connectivity index (χ1) is 13.8. The van der Waals surface area contributed by atoms with Crippen LogP contribution in [0.2, 0.25) is 5.02 Å². The SMILES string of the molecule is CC(C)CNC(=O)[C@H](C)N(Cc1cccc(Br)c1)C(=O)CCc1ccccc1Cl. The fourth-order valence-corrected chi connectivity index (χ4v) is 3.63. The zero-order valence-electron chi connectivity index (χ0n) is 17.1. The first-order valence-corrected chi connectivity index (χ1v) is 11.0. The van der Waals surface area contributed by atoms with E-state index in [2.05, 4.69) is 21.2 Å². The van der Waals surface area contributed by atoms with Gasteiger partial charge in [-0.3, -0.25) is 9.59 Å². The predicted molar refractivity (Wildman–Crippen MR) is 122 cm³/mol. The molecule has 1 N–H and O–H groups in total. The van der Waals surface area contributed by atoms with Crippen molar-refractivity contribution in [3.05, 3.63) is 69.2 Å². The number of hydrogen-bond donors (Lipinski definition) is 1. The van der Waals surface area contributed by atoms with Crippen molar-refractivity contribution in [3.63, 3.8) is 0 Å². The van der Waals surface area contributed by atoms with E-state index in [9.17, 15) is 9.59 Å². The number of hydrogen-bond acceptors (Lipinski definition) is 2. The van der Waals surface area contributed by atoms with Gasteiger partial charge in [0, 0.05) is 29.0 Å². The van der Waals surface area contributed by atoms with Crippen LogP contribution in [0.3, 0.4) is 0 Å². The third-order valence-electron chi connectivity index (χ3n) is 4.66. The number of carbonyl (C=O) groups is 2. The predicted octanol–water partition coefficient (Wildman–Crippen LogP) is 5.22. The summed E-state index contributed by atoms with van der Waals surface area (Å²) < 4.78 is 0.940. The van der Waals surface area contributed by atoms with Gasteiger partial charge < -0.3 is 10.2 Å². The van der Waals surface area contributed by atoms with E-state index in [1.165, 1.54) is 0 Å². The van der Waals surface area contributed by atoms with Crippen LogP contribution >= 0.6 is 27.5 Å². The second kappa shape index (κ2) is 11.4. The first-order valence-electron chi connectivity index (χ1n) is 9.83. The zero-order valence-corrected chi connectivity index (χ0v) is 19.5. The number of benzene rings is 2. The van der Waals surface area contributed by atoms with Gasteiger partial charge in [0.1, 0.15) is 6.04 Å². The summed E-state index contributed by atoms with van der Waals surface area (Å²) in [5, 5.41) is 3.59. The Labute approximate surface area is 186 Å². The summed E-state index contributed by atoms with van der Waals surface area (Å²) in [5.41, 5.74) is 1.90. The van der Waals surface area contributed by atoms with Crippen LogP contribution in [0.5, 0.6) is 0 Å². The standard InChI is InChI=1S/C23H28BrClN2O2/c1-16(2)14-26-23(29)17(3)27(15-18-7-6-9-20(24)13-18)22(28)12-11-19-8-4-5-10-21(19)25/h4-10,13,16-17H,11-12,14-15H2,1-3H3,(H,26,29)/t17-/m0/s1. The molecule has 0 aliphatic carbocycles. The van der Waals surface area contributed by atoms with E-state index in [1.54, 1.807) is 11.8 Å². The highest BCUT2D eigenvalue weighted by Gasteiger charge is 2.26. The molecule has 1 atom stereocenters. The van der Waals surface area contributed by atoms with Gasteiger partial charge in [-0.25, -0.2) is 0 Å². The molecule has 156 valence electrons. The minimum atomic E-state index is -0.563. The average molecular weight is 480 g/mol.